The molecule has 1 aromatic carbocycles. The average molecular weight is 411 g/mol. The molecule has 0 atom stereocenters. The summed E-state index contributed by atoms with van der Waals surface area (Å²) in [7, 11) is -1.90. The van der Waals surface area contributed by atoms with E-state index in [2.05, 4.69) is 5.10 Å². The third-order valence-electron chi connectivity index (χ3n) is 4.84. The van der Waals surface area contributed by atoms with Crippen molar-refractivity contribution >= 4 is 27.5 Å². The summed E-state index contributed by atoms with van der Waals surface area (Å²) in [6.45, 7) is 6.59. The Morgan fingerprint density at radius 3 is 2.26 bits per heavy atom. The van der Waals surface area contributed by atoms with Crippen molar-refractivity contribution in [1.29, 1.82) is 0 Å². The maximum atomic E-state index is 13.0. The number of rotatable bonds is 3. The number of benzene rings is 1. The lowest BCUT2D eigenvalue weighted by atomic mass is 10.2. The molecule has 0 aliphatic carbocycles. The Bertz CT molecular complexity index is 992. The molecule has 1 aliphatic rings. The molecule has 0 spiro atoms. The smallest absolute Gasteiger partial charge is 0.258 e. The van der Waals surface area contributed by atoms with E-state index in [-0.39, 0.29) is 19.0 Å². The van der Waals surface area contributed by atoms with E-state index in [1.807, 2.05) is 13.0 Å². The monoisotopic (exact) mass is 410 g/mol. The highest BCUT2D eigenvalue weighted by Gasteiger charge is 2.33. The fourth-order valence-corrected chi connectivity index (χ4v) is 5.27. The fraction of sp³-hybridized carbons (Fsp3) is 0.444. The van der Waals surface area contributed by atoms with Gasteiger partial charge in [0.05, 0.1) is 16.2 Å². The molecule has 2 aromatic rings. The summed E-state index contributed by atoms with van der Waals surface area (Å²) in [4.78, 5) is 14.7. The summed E-state index contributed by atoms with van der Waals surface area (Å²) in [6, 6.07) is 5.31. The van der Waals surface area contributed by atoms with Crippen LogP contribution in [0.4, 0.5) is 0 Å². The maximum absolute atomic E-state index is 13.0. The molecule has 0 bridgehead atoms. The minimum atomic E-state index is -3.58. The van der Waals surface area contributed by atoms with Crippen molar-refractivity contribution in [2.45, 2.75) is 25.7 Å². The Labute approximate surface area is 164 Å². The van der Waals surface area contributed by atoms with Crippen LogP contribution >= 0.6 is 11.6 Å². The Morgan fingerprint density at radius 2 is 1.74 bits per heavy atom. The number of amides is 1. The summed E-state index contributed by atoms with van der Waals surface area (Å²) in [5.41, 5.74) is 2.69. The standard InChI is InChI=1S/C18H23ClN4O3S/c1-12-5-6-15(13(2)11-12)27(25,26)23-9-7-22(8-10-23)18(24)16-14(3)20-21(4)17(16)19/h5-6,11H,7-10H2,1-4H3. The largest absolute Gasteiger partial charge is 0.336 e. The molecule has 0 unspecified atom stereocenters. The van der Waals surface area contributed by atoms with Crippen molar-refractivity contribution in [2.75, 3.05) is 26.2 Å². The zero-order valence-electron chi connectivity index (χ0n) is 15.9. The van der Waals surface area contributed by atoms with Gasteiger partial charge in [-0.05, 0) is 32.4 Å². The molecule has 9 heteroatoms. The normalized spacial score (nSPS) is 16.0. The van der Waals surface area contributed by atoms with Gasteiger partial charge in [0.2, 0.25) is 10.0 Å². The number of sulfonamides is 1. The third kappa shape index (κ3) is 3.61. The Balaban J connectivity index is 1.76. The van der Waals surface area contributed by atoms with Gasteiger partial charge in [-0.2, -0.15) is 9.40 Å². The zero-order valence-corrected chi connectivity index (χ0v) is 17.4. The summed E-state index contributed by atoms with van der Waals surface area (Å²) in [5.74, 6) is -0.214. The van der Waals surface area contributed by atoms with Crippen LogP contribution in [0.2, 0.25) is 5.15 Å². The van der Waals surface area contributed by atoms with Crippen LogP contribution in [0.25, 0.3) is 0 Å². The lowest BCUT2D eigenvalue weighted by molar-refractivity contribution is 0.0697. The van der Waals surface area contributed by atoms with E-state index in [9.17, 15) is 13.2 Å². The van der Waals surface area contributed by atoms with Crippen LogP contribution in [-0.2, 0) is 17.1 Å². The van der Waals surface area contributed by atoms with E-state index in [4.69, 9.17) is 11.6 Å². The summed E-state index contributed by atoms with van der Waals surface area (Å²) >= 11 is 6.19. The summed E-state index contributed by atoms with van der Waals surface area (Å²) in [5, 5.41) is 4.46. The molecule has 0 saturated carbocycles. The van der Waals surface area contributed by atoms with Gasteiger partial charge in [0.25, 0.3) is 5.91 Å². The van der Waals surface area contributed by atoms with Crippen molar-refractivity contribution in [2.24, 2.45) is 7.05 Å². The predicted molar refractivity (Wildman–Crippen MR) is 104 cm³/mol. The molecule has 0 radical (unpaired) electrons. The van der Waals surface area contributed by atoms with Crippen LogP contribution in [0, 0.1) is 20.8 Å². The molecule has 1 amide bonds. The Hall–Kier alpha value is -1.90. The van der Waals surface area contributed by atoms with Crippen molar-refractivity contribution in [3.63, 3.8) is 0 Å². The van der Waals surface area contributed by atoms with Crippen LogP contribution in [0.5, 0.6) is 0 Å². The molecule has 2 heterocycles. The predicted octanol–water partition coefficient (Wildman–Crippen LogP) is 2.15. The third-order valence-corrected chi connectivity index (χ3v) is 7.33. The molecule has 1 fully saturated rings. The molecule has 146 valence electrons. The van der Waals surface area contributed by atoms with Gasteiger partial charge in [-0.25, -0.2) is 8.42 Å². The number of aryl methyl sites for hydroxylation is 4. The van der Waals surface area contributed by atoms with Crippen LogP contribution in [0.3, 0.4) is 0 Å². The Morgan fingerprint density at radius 1 is 1.11 bits per heavy atom. The van der Waals surface area contributed by atoms with Crippen molar-refractivity contribution in [3.05, 3.63) is 45.7 Å². The van der Waals surface area contributed by atoms with E-state index >= 15 is 0 Å². The molecule has 1 aliphatic heterocycles. The van der Waals surface area contributed by atoms with Crippen molar-refractivity contribution in [1.82, 2.24) is 19.0 Å². The average Bonchev–Trinajstić information content (AvgIpc) is 2.86. The highest BCUT2D eigenvalue weighted by Crippen LogP contribution is 2.24. The fourth-order valence-electron chi connectivity index (χ4n) is 3.39. The first kappa shape index (κ1) is 19.9. The second kappa shape index (κ2) is 7.26. The number of hydrogen-bond acceptors (Lipinski definition) is 4. The molecular formula is C18H23ClN4O3S. The first-order chi connectivity index (χ1) is 12.6. The lowest BCUT2D eigenvalue weighted by Gasteiger charge is -2.34. The number of piperazine rings is 1. The molecule has 7 nitrogen and oxygen atoms in total. The Kier molecular flexibility index (Phi) is 5.33. The lowest BCUT2D eigenvalue weighted by Crippen LogP contribution is -2.50. The van der Waals surface area contributed by atoms with Crippen molar-refractivity contribution in [3.8, 4) is 0 Å². The molecular weight excluding hydrogens is 388 g/mol. The SMILES string of the molecule is Cc1ccc(S(=O)(=O)N2CCN(C(=O)c3c(C)nn(C)c3Cl)CC2)c(C)c1. The van der Waals surface area contributed by atoms with Gasteiger partial charge in [0, 0.05) is 33.2 Å². The van der Waals surface area contributed by atoms with Gasteiger partial charge in [0.15, 0.2) is 0 Å². The van der Waals surface area contributed by atoms with E-state index in [0.29, 0.717) is 34.4 Å². The van der Waals surface area contributed by atoms with Crippen LogP contribution in [-0.4, -0.2) is 59.5 Å². The maximum Gasteiger partial charge on any atom is 0.258 e. The van der Waals surface area contributed by atoms with E-state index < -0.39 is 10.0 Å². The van der Waals surface area contributed by atoms with E-state index in [1.165, 1.54) is 8.99 Å². The van der Waals surface area contributed by atoms with Crippen LogP contribution in [0.1, 0.15) is 27.2 Å². The minimum absolute atomic E-state index is 0.214. The molecule has 1 aromatic heterocycles. The summed E-state index contributed by atoms with van der Waals surface area (Å²) < 4.78 is 28.8. The highest BCUT2D eigenvalue weighted by atomic mass is 35.5. The van der Waals surface area contributed by atoms with E-state index in [1.54, 1.807) is 37.9 Å². The van der Waals surface area contributed by atoms with Crippen LogP contribution < -0.4 is 0 Å². The van der Waals surface area contributed by atoms with Crippen molar-refractivity contribution < 1.29 is 13.2 Å². The first-order valence-electron chi connectivity index (χ1n) is 8.68. The van der Waals surface area contributed by atoms with Gasteiger partial charge in [-0.15, -0.1) is 0 Å². The van der Waals surface area contributed by atoms with Crippen LogP contribution in [0.15, 0.2) is 23.1 Å². The highest BCUT2D eigenvalue weighted by molar-refractivity contribution is 7.89. The van der Waals surface area contributed by atoms with Gasteiger partial charge in [0.1, 0.15) is 5.15 Å². The van der Waals surface area contributed by atoms with Gasteiger partial charge in [-0.1, -0.05) is 29.3 Å². The topological polar surface area (TPSA) is 75.5 Å². The number of aromatic nitrogens is 2. The number of carbonyl (C=O) groups is 1. The number of carbonyl (C=O) groups excluding carboxylic acids is 1. The van der Waals surface area contributed by atoms with E-state index in [0.717, 1.165) is 11.1 Å². The summed E-state index contributed by atoms with van der Waals surface area (Å²) in [6.07, 6.45) is 0. The molecule has 3 rings (SSSR count). The molecule has 0 N–H and O–H groups in total. The van der Waals surface area contributed by atoms with Gasteiger partial charge >= 0.3 is 0 Å². The number of halogens is 1. The van der Waals surface area contributed by atoms with Gasteiger partial charge in [-0.3, -0.25) is 9.48 Å². The minimum Gasteiger partial charge on any atom is -0.336 e. The first-order valence-corrected chi connectivity index (χ1v) is 10.5. The number of hydrogen-bond donors (Lipinski definition) is 0. The number of nitrogens with zero attached hydrogens (tertiary/aromatic N) is 4. The second-order valence-electron chi connectivity index (χ2n) is 6.84. The second-order valence-corrected chi connectivity index (χ2v) is 9.10. The quantitative estimate of drug-likeness (QED) is 0.776. The zero-order chi connectivity index (χ0) is 19.9. The van der Waals surface area contributed by atoms with Gasteiger partial charge < -0.3 is 4.90 Å². The molecule has 27 heavy (non-hydrogen) atoms. The molecule has 1 saturated heterocycles.